The summed E-state index contributed by atoms with van der Waals surface area (Å²) in [5.41, 5.74) is 0. The van der Waals surface area contributed by atoms with Crippen molar-refractivity contribution < 1.29 is 28.6 Å². The minimum Gasteiger partial charge on any atom is -0.462 e. The fourth-order valence-electron chi connectivity index (χ4n) is 9.31. The highest BCUT2D eigenvalue weighted by Gasteiger charge is 2.19. The van der Waals surface area contributed by atoms with E-state index in [-0.39, 0.29) is 31.1 Å². The zero-order valence-electron chi connectivity index (χ0n) is 49.8. The van der Waals surface area contributed by atoms with Gasteiger partial charge in [-0.05, 0) is 109 Å². The van der Waals surface area contributed by atoms with E-state index in [0.717, 1.165) is 103 Å². The van der Waals surface area contributed by atoms with Gasteiger partial charge in [-0.25, -0.2) is 0 Å². The van der Waals surface area contributed by atoms with Gasteiger partial charge in [0.2, 0.25) is 0 Å². The smallest absolute Gasteiger partial charge is 0.306 e. The summed E-state index contributed by atoms with van der Waals surface area (Å²) >= 11 is 0. The predicted molar refractivity (Wildman–Crippen MR) is 325 cm³/mol. The molecule has 0 bridgehead atoms. The van der Waals surface area contributed by atoms with Gasteiger partial charge in [-0.15, -0.1) is 0 Å². The van der Waals surface area contributed by atoms with Crippen molar-refractivity contribution in [1.82, 2.24) is 0 Å². The van der Waals surface area contributed by atoms with Crippen molar-refractivity contribution >= 4 is 17.9 Å². The number of rotatable bonds is 59. The second-order valence-electron chi connectivity index (χ2n) is 21.6. The summed E-state index contributed by atoms with van der Waals surface area (Å²) in [5.74, 6) is -0.905. The Kier molecular flexibility index (Phi) is 60.7. The zero-order valence-corrected chi connectivity index (χ0v) is 49.8. The lowest BCUT2D eigenvalue weighted by Crippen LogP contribution is -2.30. The summed E-state index contributed by atoms with van der Waals surface area (Å²) in [6, 6.07) is 0. The Labute approximate surface area is 465 Å². The van der Waals surface area contributed by atoms with E-state index >= 15 is 0 Å². The maximum absolute atomic E-state index is 12.9. The fourth-order valence-corrected chi connectivity index (χ4v) is 9.31. The molecule has 0 rings (SSSR count). The lowest BCUT2D eigenvalue weighted by Gasteiger charge is -2.18. The number of allylic oxidation sites excluding steroid dienone is 12. The van der Waals surface area contributed by atoms with Crippen LogP contribution in [0.2, 0.25) is 0 Å². The monoisotopic (exact) mass is 1050 g/mol. The molecule has 0 aliphatic heterocycles. The van der Waals surface area contributed by atoms with E-state index < -0.39 is 6.10 Å². The third kappa shape index (κ3) is 61.6. The van der Waals surface area contributed by atoms with E-state index in [0.29, 0.717) is 19.3 Å². The molecule has 0 N–H and O–H groups in total. The van der Waals surface area contributed by atoms with Crippen LogP contribution in [0.1, 0.15) is 329 Å². The molecule has 0 saturated carbocycles. The standard InChI is InChI=1S/C69H122O6/c1-4-7-10-13-16-19-22-25-28-30-31-32-33-34-35-36-37-39-41-44-47-50-53-56-59-62-68(71)74-65-66(64-73-67(70)61-58-55-52-49-46-43-40-27-24-21-18-15-12-9-6-3)75-69(72)63-60-57-54-51-48-45-42-38-29-26-23-20-17-14-11-8-5-2/h8,11,17,20,26-27,29-31,40,42,45,66H,4-7,9-10,12-16,18-19,21-25,28,32-39,41,43-44,46-65H2,1-3H3/b11-8-,20-17-,29-26-,31-30-,40-27-,45-42-. The van der Waals surface area contributed by atoms with Gasteiger partial charge < -0.3 is 14.2 Å². The number of ether oxygens (including phenoxy) is 3. The maximum Gasteiger partial charge on any atom is 0.306 e. The van der Waals surface area contributed by atoms with E-state index in [1.165, 1.54) is 186 Å². The second kappa shape index (κ2) is 63.4. The van der Waals surface area contributed by atoms with Crippen LogP contribution in [-0.2, 0) is 28.6 Å². The van der Waals surface area contributed by atoms with Gasteiger partial charge >= 0.3 is 17.9 Å². The van der Waals surface area contributed by atoms with E-state index in [4.69, 9.17) is 14.2 Å². The number of carbonyl (C=O) groups excluding carboxylic acids is 3. The highest BCUT2D eigenvalue weighted by Crippen LogP contribution is 2.16. The molecular weight excluding hydrogens is 925 g/mol. The largest absolute Gasteiger partial charge is 0.462 e. The molecular formula is C69H122O6. The summed E-state index contributed by atoms with van der Waals surface area (Å²) in [6.07, 6.45) is 82.0. The molecule has 0 radical (unpaired) electrons. The first-order chi connectivity index (χ1) is 37.0. The fraction of sp³-hybridized carbons (Fsp3) is 0.783. The second-order valence-corrected chi connectivity index (χ2v) is 21.6. The van der Waals surface area contributed by atoms with Crippen molar-refractivity contribution in [3.8, 4) is 0 Å². The molecule has 0 saturated heterocycles. The Morgan fingerprint density at radius 2 is 0.520 bits per heavy atom. The van der Waals surface area contributed by atoms with E-state index in [1.807, 2.05) is 0 Å². The molecule has 0 aromatic rings. The van der Waals surface area contributed by atoms with Gasteiger partial charge in [-0.1, -0.05) is 273 Å². The van der Waals surface area contributed by atoms with Crippen molar-refractivity contribution in [3.63, 3.8) is 0 Å². The Morgan fingerprint density at radius 1 is 0.280 bits per heavy atom. The van der Waals surface area contributed by atoms with Crippen LogP contribution >= 0.6 is 0 Å². The first-order valence-electron chi connectivity index (χ1n) is 32.4. The zero-order chi connectivity index (χ0) is 54.3. The predicted octanol–water partition coefficient (Wildman–Crippen LogP) is 22.1. The normalized spacial score (nSPS) is 12.5. The van der Waals surface area contributed by atoms with Crippen LogP contribution < -0.4 is 0 Å². The van der Waals surface area contributed by atoms with Gasteiger partial charge in [0.05, 0.1) is 0 Å². The van der Waals surface area contributed by atoms with Crippen molar-refractivity contribution in [3.05, 3.63) is 72.9 Å². The lowest BCUT2D eigenvalue weighted by molar-refractivity contribution is -0.167. The molecule has 6 heteroatoms. The summed E-state index contributed by atoms with van der Waals surface area (Å²) in [4.78, 5) is 38.3. The molecule has 0 aromatic heterocycles. The van der Waals surface area contributed by atoms with Crippen LogP contribution in [0.25, 0.3) is 0 Å². The van der Waals surface area contributed by atoms with Crippen molar-refractivity contribution in [2.75, 3.05) is 13.2 Å². The van der Waals surface area contributed by atoms with Crippen LogP contribution in [0.15, 0.2) is 72.9 Å². The highest BCUT2D eigenvalue weighted by atomic mass is 16.6. The van der Waals surface area contributed by atoms with E-state index in [9.17, 15) is 14.4 Å². The Balaban J connectivity index is 4.32. The molecule has 1 atom stereocenters. The molecule has 0 amide bonds. The third-order valence-electron chi connectivity index (χ3n) is 14.2. The number of hydrogen-bond acceptors (Lipinski definition) is 6. The Bertz CT molecular complexity index is 1390. The molecule has 0 fully saturated rings. The van der Waals surface area contributed by atoms with Crippen molar-refractivity contribution in [2.45, 2.75) is 335 Å². The minimum atomic E-state index is -0.792. The molecule has 0 aromatic carbocycles. The molecule has 1 unspecified atom stereocenters. The topological polar surface area (TPSA) is 78.9 Å². The number of hydrogen-bond donors (Lipinski definition) is 0. The van der Waals surface area contributed by atoms with E-state index in [2.05, 4.69) is 93.7 Å². The minimum absolute atomic E-state index is 0.0864. The summed E-state index contributed by atoms with van der Waals surface area (Å²) in [6.45, 7) is 6.53. The highest BCUT2D eigenvalue weighted by molar-refractivity contribution is 5.71. The molecule has 0 aliphatic rings. The molecule has 0 heterocycles. The summed E-state index contributed by atoms with van der Waals surface area (Å²) in [5, 5.41) is 0. The van der Waals surface area contributed by atoms with Gasteiger partial charge in [0, 0.05) is 19.3 Å². The average molecular weight is 1050 g/mol. The first kappa shape index (κ1) is 71.8. The number of esters is 3. The Morgan fingerprint density at radius 3 is 0.827 bits per heavy atom. The number of carbonyl (C=O) groups is 3. The Hall–Kier alpha value is -3.15. The van der Waals surface area contributed by atoms with Crippen LogP contribution in [0, 0.1) is 0 Å². The summed E-state index contributed by atoms with van der Waals surface area (Å²) in [7, 11) is 0. The summed E-state index contributed by atoms with van der Waals surface area (Å²) < 4.78 is 16.9. The molecule has 6 nitrogen and oxygen atoms in total. The first-order valence-corrected chi connectivity index (χ1v) is 32.4. The van der Waals surface area contributed by atoms with Gasteiger partial charge in [0.1, 0.15) is 13.2 Å². The van der Waals surface area contributed by atoms with Gasteiger partial charge in [0.25, 0.3) is 0 Å². The third-order valence-corrected chi connectivity index (χ3v) is 14.2. The van der Waals surface area contributed by atoms with Crippen LogP contribution in [0.3, 0.4) is 0 Å². The number of unbranched alkanes of at least 4 members (excludes halogenated alkanes) is 36. The SMILES string of the molecule is CC/C=C\C/C=C\C/C=C\C/C=C\CCCCCCC(=O)OC(COC(=O)CCCCCCC/C=C\CCCCCCCC)COC(=O)CCCCCCCCCCCCCCC/C=C\CCCCCCCCCC. The molecule has 75 heavy (non-hydrogen) atoms. The quantitative estimate of drug-likeness (QED) is 0.0261. The van der Waals surface area contributed by atoms with Gasteiger partial charge in [0.15, 0.2) is 6.10 Å². The van der Waals surface area contributed by atoms with Gasteiger partial charge in [-0.3, -0.25) is 14.4 Å². The van der Waals surface area contributed by atoms with Crippen molar-refractivity contribution in [2.24, 2.45) is 0 Å². The molecule has 0 aliphatic carbocycles. The van der Waals surface area contributed by atoms with Crippen LogP contribution in [0.5, 0.6) is 0 Å². The average Bonchev–Trinajstić information content (AvgIpc) is 3.41. The molecule has 0 spiro atoms. The van der Waals surface area contributed by atoms with E-state index in [1.54, 1.807) is 0 Å². The van der Waals surface area contributed by atoms with Crippen LogP contribution in [0.4, 0.5) is 0 Å². The molecule has 434 valence electrons. The maximum atomic E-state index is 12.9. The van der Waals surface area contributed by atoms with Gasteiger partial charge in [-0.2, -0.15) is 0 Å². The van der Waals surface area contributed by atoms with Crippen LogP contribution in [-0.4, -0.2) is 37.2 Å². The lowest BCUT2D eigenvalue weighted by atomic mass is 10.0. The van der Waals surface area contributed by atoms with Crippen molar-refractivity contribution in [1.29, 1.82) is 0 Å².